The average Bonchev–Trinajstić information content (AvgIpc) is 3.98. The van der Waals surface area contributed by atoms with Gasteiger partial charge in [0.05, 0.1) is 22.5 Å². The highest BCUT2D eigenvalue weighted by Crippen LogP contribution is 2.67. The molecule has 0 N–H and O–H groups in total. The third-order valence-electron chi connectivity index (χ3n) is 15.4. The Hall–Kier alpha value is -8.05. The monoisotopic (exact) mass is 886 g/mol. The number of fused-ring (bicyclic) bond motifs is 17. The second kappa shape index (κ2) is 13.8. The quantitative estimate of drug-likeness (QED) is 0.175. The Kier molecular flexibility index (Phi) is 7.71. The topological polar surface area (TPSA) is 19.6 Å². The lowest BCUT2D eigenvalue weighted by Gasteiger charge is -2.47. The molecule has 4 heteroatoms. The molecule has 1 atom stereocenters. The summed E-state index contributed by atoms with van der Waals surface area (Å²) in [5, 5.41) is 2.27. The van der Waals surface area contributed by atoms with Crippen molar-refractivity contribution in [1.82, 2.24) is 0 Å². The van der Waals surface area contributed by atoms with Gasteiger partial charge in [-0.15, -0.1) is 0 Å². The molecule has 2 aliphatic carbocycles. The Balaban J connectivity index is 0.952. The normalized spacial score (nSPS) is 16.2. The lowest BCUT2D eigenvalue weighted by molar-refractivity contribution is 0.660. The number of furan rings is 1. The van der Waals surface area contributed by atoms with E-state index in [1.807, 2.05) is 23.9 Å². The standard InChI is InChI=1S/C64H42N2OS/c1-63(2)50-17-6-3-14-44(50)46-33-31-42(37-54(46)63)65(41-29-26-39(27-30-41)40-28-35-59-49(36-40)48-16-5-11-23-58(48)67-59)43-32-34-47-45-15-4-7-18-51(45)64(55(47)38-43)52-19-8-9-21-56(52)66-57-22-10-12-24-60(57)68-61-25-13-20-53(64)62(61)66/h3-38H,1-2H3. The molecule has 1 spiro atoms. The van der Waals surface area contributed by atoms with Crippen molar-refractivity contribution in [2.24, 2.45) is 0 Å². The molecule has 0 amide bonds. The van der Waals surface area contributed by atoms with Crippen molar-refractivity contribution in [3.8, 4) is 33.4 Å². The summed E-state index contributed by atoms with van der Waals surface area (Å²) in [6, 6.07) is 81.5. The molecule has 3 nitrogen and oxygen atoms in total. The van der Waals surface area contributed by atoms with Gasteiger partial charge in [0.15, 0.2) is 0 Å². The van der Waals surface area contributed by atoms with Crippen LogP contribution < -0.4 is 9.80 Å². The van der Waals surface area contributed by atoms with Gasteiger partial charge in [-0.25, -0.2) is 0 Å². The second-order valence-electron chi connectivity index (χ2n) is 19.2. The number of hydrogen-bond acceptors (Lipinski definition) is 4. The van der Waals surface area contributed by atoms with Gasteiger partial charge in [-0.3, -0.25) is 0 Å². The van der Waals surface area contributed by atoms with Gasteiger partial charge in [-0.05, 0) is 146 Å². The van der Waals surface area contributed by atoms with Crippen molar-refractivity contribution < 1.29 is 4.42 Å². The van der Waals surface area contributed by atoms with Crippen LogP contribution in [0.3, 0.4) is 0 Å². The van der Waals surface area contributed by atoms with Crippen LogP contribution >= 0.6 is 11.8 Å². The van der Waals surface area contributed by atoms with E-state index in [1.54, 1.807) is 0 Å². The van der Waals surface area contributed by atoms with E-state index in [9.17, 15) is 0 Å². The Morgan fingerprint density at radius 1 is 0.397 bits per heavy atom. The molecule has 0 radical (unpaired) electrons. The van der Waals surface area contributed by atoms with E-state index in [0.717, 1.165) is 50.1 Å². The molecule has 0 saturated heterocycles. The molecule has 11 aromatic rings. The van der Waals surface area contributed by atoms with Crippen LogP contribution in [0.1, 0.15) is 47.2 Å². The van der Waals surface area contributed by atoms with E-state index in [0.29, 0.717) is 0 Å². The third-order valence-corrected chi connectivity index (χ3v) is 16.6. The van der Waals surface area contributed by atoms with E-state index in [4.69, 9.17) is 4.42 Å². The van der Waals surface area contributed by atoms with Crippen molar-refractivity contribution >= 4 is 67.8 Å². The van der Waals surface area contributed by atoms with Crippen molar-refractivity contribution in [3.63, 3.8) is 0 Å². The first-order chi connectivity index (χ1) is 33.5. The molecule has 10 aromatic carbocycles. The molecule has 2 aliphatic heterocycles. The predicted octanol–water partition coefficient (Wildman–Crippen LogP) is 17.6. The van der Waals surface area contributed by atoms with E-state index in [1.165, 1.54) is 82.5 Å². The Labute approximate surface area is 399 Å². The third kappa shape index (κ3) is 5.00. The Morgan fingerprint density at radius 2 is 0.971 bits per heavy atom. The molecule has 1 unspecified atom stereocenters. The van der Waals surface area contributed by atoms with E-state index >= 15 is 0 Å². The van der Waals surface area contributed by atoms with Gasteiger partial charge in [-0.2, -0.15) is 0 Å². The summed E-state index contributed by atoms with van der Waals surface area (Å²) in [7, 11) is 0. The highest BCUT2D eigenvalue weighted by Gasteiger charge is 2.53. The van der Waals surface area contributed by atoms with Gasteiger partial charge >= 0.3 is 0 Å². The van der Waals surface area contributed by atoms with Gasteiger partial charge in [0.1, 0.15) is 11.2 Å². The maximum atomic E-state index is 6.22. The molecule has 4 aliphatic rings. The molecular weight excluding hydrogens is 845 g/mol. The van der Waals surface area contributed by atoms with Crippen LogP contribution in [0, 0.1) is 0 Å². The second-order valence-corrected chi connectivity index (χ2v) is 20.3. The molecule has 1 aromatic heterocycles. The summed E-state index contributed by atoms with van der Waals surface area (Å²) in [6.45, 7) is 4.75. The van der Waals surface area contributed by atoms with Gasteiger partial charge in [-0.1, -0.05) is 165 Å². The summed E-state index contributed by atoms with van der Waals surface area (Å²) in [6.07, 6.45) is 0. The summed E-state index contributed by atoms with van der Waals surface area (Å²) in [5.41, 5.74) is 23.7. The summed E-state index contributed by atoms with van der Waals surface area (Å²) >= 11 is 1.88. The van der Waals surface area contributed by atoms with Crippen molar-refractivity contribution in [2.75, 3.05) is 9.80 Å². The first-order valence-corrected chi connectivity index (χ1v) is 24.4. The summed E-state index contributed by atoms with van der Waals surface area (Å²) in [4.78, 5) is 7.57. The minimum atomic E-state index is -0.569. The van der Waals surface area contributed by atoms with Gasteiger partial charge in [0.2, 0.25) is 0 Å². The summed E-state index contributed by atoms with van der Waals surface area (Å²) < 4.78 is 6.22. The molecule has 15 rings (SSSR count). The zero-order valence-corrected chi connectivity index (χ0v) is 38.3. The fourth-order valence-electron chi connectivity index (χ4n) is 12.5. The average molecular weight is 887 g/mol. The van der Waals surface area contributed by atoms with Crippen LogP contribution in [-0.4, -0.2) is 0 Å². The first-order valence-electron chi connectivity index (χ1n) is 23.6. The highest BCUT2D eigenvalue weighted by atomic mass is 32.2. The van der Waals surface area contributed by atoms with Crippen molar-refractivity contribution in [1.29, 1.82) is 0 Å². The van der Waals surface area contributed by atoms with Crippen LogP contribution in [-0.2, 0) is 10.8 Å². The maximum Gasteiger partial charge on any atom is 0.135 e. The van der Waals surface area contributed by atoms with Crippen LogP contribution in [0.4, 0.5) is 34.1 Å². The molecule has 0 fully saturated rings. The molecule has 3 heterocycles. The zero-order chi connectivity index (χ0) is 44.9. The van der Waals surface area contributed by atoms with Crippen LogP contribution in [0.15, 0.2) is 233 Å². The fourth-order valence-corrected chi connectivity index (χ4v) is 13.6. The minimum absolute atomic E-state index is 0.155. The predicted molar refractivity (Wildman–Crippen MR) is 281 cm³/mol. The Bertz CT molecular complexity index is 3950. The fraction of sp³-hybridized carbons (Fsp3) is 0.0625. The number of benzene rings is 10. The number of rotatable bonds is 4. The molecule has 68 heavy (non-hydrogen) atoms. The smallest absolute Gasteiger partial charge is 0.135 e. The Morgan fingerprint density at radius 3 is 1.79 bits per heavy atom. The lowest BCUT2D eigenvalue weighted by atomic mass is 9.64. The van der Waals surface area contributed by atoms with Gasteiger partial charge in [0.25, 0.3) is 0 Å². The largest absolute Gasteiger partial charge is 0.456 e. The van der Waals surface area contributed by atoms with Crippen LogP contribution in [0.2, 0.25) is 0 Å². The minimum Gasteiger partial charge on any atom is -0.456 e. The van der Waals surface area contributed by atoms with Crippen molar-refractivity contribution in [2.45, 2.75) is 34.5 Å². The van der Waals surface area contributed by atoms with Gasteiger partial charge in [0, 0.05) is 43.0 Å². The maximum absolute atomic E-state index is 6.22. The van der Waals surface area contributed by atoms with E-state index in [-0.39, 0.29) is 5.41 Å². The van der Waals surface area contributed by atoms with E-state index < -0.39 is 5.41 Å². The highest BCUT2D eigenvalue weighted by molar-refractivity contribution is 7.99. The molecule has 320 valence electrons. The van der Waals surface area contributed by atoms with Crippen molar-refractivity contribution in [3.05, 3.63) is 252 Å². The van der Waals surface area contributed by atoms with Crippen LogP contribution in [0.25, 0.3) is 55.3 Å². The zero-order valence-electron chi connectivity index (χ0n) is 37.5. The molecule has 0 bridgehead atoms. The first kappa shape index (κ1) is 38.1. The van der Waals surface area contributed by atoms with Crippen LogP contribution in [0.5, 0.6) is 0 Å². The number of hydrogen-bond donors (Lipinski definition) is 0. The molecule has 0 saturated carbocycles. The van der Waals surface area contributed by atoms with E-state index in [2.05, 4.69) is 230 Å². The number of nitrogens with zero attached hydrogens (tertiary/aromatic N) is 2. The SMILES string of the molecule is CC1(C)c2ccccc2-c2ccc(N(c3ccc(-c4ccc5oc6ccccc6c5c4)cc3)c3ccc4c(c3)C3(c5ccccc5-4)c4ccccc4N4c5ccccc5Sc5cccc3c54)cc21. The summed E-state index contributed by atoms with van der Waals surface area (Å²) in [5.74, 6) is 0. The van der Waals surface area contributed by atoms with Gasteiger partial charge < -0.3 is 14.2 Å². The number of para-hydroxylation sites is 4. The molecular formula is C64H42N2OS. The number of anilines is 6. The lowest BCUT2D eigenvalue weighted by Crippen LogP contribution is -2.37.